The number of methoxy groups -OCH3 is 1. The van der Waals surface area contributed by atoms with Crippen LogP contribution in [-0.4, -0.2) is 38.9 Å². The number of ether oxygens (including phenoxy) is 1. The van der Waals surface area contributed by atoms with Crippen LogP contribution in [-0.2, 0) is 31.3 Å². The molecule has 2 aromatic heterocycles. The van der Waals surface area contributed by atoms with E-state index in [0.717, 1.165) is 10.4 Å². The van der Waals surface area contributed by atoms with E-state index in [0.29, 0.717) is 50.2 Å². The molecule has 0 saturated carbocycles. The van der Waals surface area contributed by atoms with Crippen LogP contribution in [0.1, 0.15) is 19.2 Å². The summed E-state index contributed by atoms with van der Waals surface area (Å²) in [5.74, 6) is 0.767. The second-order valence-electron chi connectivity index (χ2n) is 5.14. The van der Waals surface area contributed by atoms with E-state index in [4.69, 9.17) is 10.5 Å². The molecule has 22 heavy (non-hydrogen) atoms. The van der Waals surface area contributed by atoms with Crippen LogP contribution in [0.25, 0.3) is 11.2 Å². The average molecular weight is 309 g/mol. The number of fused-ring (bicyclic) bond motifs is 1. The van der Waals surface area contributed by atoms with Crippen LogP contribution < -0.4 is 17.0 Å². The van der Waals surface area contributed by atoms with Gasteiger partial charge in [0.05, 0.1) is 0 Å². The van der Waals surface area contributed by atoms with Crippen LogP contribution in [0.4, 0.5) is 0 Å². The minimum Gasteiger partial charge on any atom is -0.385 e. The first-order valence-corrected chi connectivity index (χ1v) is 7.44. The minimum absolute atomic E-state index is 0.330. The molecule has 0 aliphatic carbocycles. The Labute approximate surface area is 128 Å². The number of aryl methyl sites for hydroxylation is 2. The van der Waals surface area contributed by atoms with Gasteiger partial charge < -0.3 is 15.0 Å². The Morgan fingerprint density at radius 2 is 1.95 bits per heavy atom. The van der Waals surface area contributed by atoms with Crippen molar-refractivity contribution in [1.29, 1.82) is 0 Å². The highest BCUT2D eigenvalue weighted by Gasteiger charge is 2.19. The van der Waals surface area contributed by atoms with Gasteiger partial charge in [0, 0.05) is 46.8 Å². The standard InChI is InChI=1S/C14H23N5O3/c1-4-10-16-12-11(18(10)8-6-15)13(20)17(2)14(21)19(12)7-5-9-22-3/h4-9,15H2,1-3H3. The van der Waals surface area contributed by atoms with Gasteiger partial charge in [-0.2, -0.15) is 0 Å². The molecule has 8 heteroatoms. The van der Waals surface area contributed by atoms with Crippen molar-refractivity contribution in [2.24, 2.45) is 12.8 Å². The lowest BCUT2D eigenvalue weighted by Gasteiger charge is -2.10. The highest BCUT2D eigenvalue weighted by atomic mass is 16.5. The summed E-state index contributed by atoms with van der Waals surface area (Å²) in [5, 5.41) is 0. The zero-order chi connectivity index (χ0) is 16.3. The lowest BCUT2D eigenvalue weighted by atomic mass is 10.4. The van der Waals surface area contributed by atoms with Crippen LogP contribution in [0.3, 0.4) is 0 Å². The van der Waals surface area contributed by atoms with Crippen molar-refractivity contribution in [3.63, 3.8) is 0 Å². The summed E-state index contributed by atoms with van der Waals surface area (Å²) < 4.78 is 9.53. The first kappa shape index (κ1) is 16.4. The molecule has 8 nitrogen and oxygen atoms in total. The summed E-state index contributed by atoms with van der Waals surface area (Å²) in [6.45, 7) is 3.88. The Morgan fingerprint density at radius 1 is 1.23 bits per heavy atom. The van der Waals surface area contributed by atoms with Crippen molar-refractivity contribution < 1.29 is 4.74 Å². The fourth-order valence-electron chi connectivity index (χ4n) is 2.61. The van der Waals surface area contributed by atoms with Gasteiger partial charge in [-0.3, -0.25) is 13.9 Å². The summed E-state index contributed by atoms with van der Waals surface area (Å²) in [6.07, 6.45) is 1.35. The Balaban J connectivity index is 2.74. The second-order valence-corrected chi connectivity index (χ2v) is 5.14. The van der Waals surface area contributed by atoms with E-state index in [1.807, 2.05) is 11.5 Å². The van der Waals surface area contributed by atoms with Crippen LogP contribution in [0.15, 0.2) is 9.59 Å². The number of hydrogen-bond donors (Lipinski definition) is 1. The van der Waals surface area contributed by atoms with Gasteiger partial charge in [-0.25, -0.2) is 9.78 Å². The maximum absolute atomic E-state index is 12.5. The van der Waals surface area contributed by atoms with Crippen molar-refractivity contribution in [3.05, 3.63) is 26.7 Å². The highest BCUT2D eigenvalue weighted by molar-refractivity contribution is 5.71. The largest absolute Gasteiger partial charge is 0.385 e. The van der Waals surface area contributed by atoms with Crippen molar-refractivity contribution in [2.75, 3.05) is 20.3 Å². The normalized spacial score (nSPS) is 11.5. The molecule has 0 aliphatic heterocycles. The number of rotatable bonds is 7. The quantitative estimate of drug-likeness (QED) is 0.692. The Kier molecular flexibility index (Phi) is 5.15. The first-order chi connectivity index (χ1) is 10.6. The van der Waals surface area contributed by atoms with Crippen molar-refractivity contribution >= 4 is 11.2 Å². The zero-order valence-corrected chi connectivity index (χ0v) is 13.3. The molecule has 2 rings (SSSR count). The summed E-state index contributed by atoms with van der Waals surface area (Å²) in [4.78, 5) is 29.4. The molecule has 0 fully saturated rings. The molecule has 0 radical (unpaired) electrons. The monoisotopic (exact) mass is 309 g/mol. The minimum atomic E-state index is -0.353. The smallest absolute Gasteiger partial charge is 0.332 e. The van der Waals surface area contributed by atoms with Gasteiger partial charge >= 0.3 is 5.69 Å². The molecule has 0 aromatic carbocycles. The summed E-state index contributed by atoms with van der Waals surface area (Å²) in [5.41, 5.74) is 5.85. The Morgan fingerprint density at radius 3 is 2.55 bits per heavy atom. The molecule has 0 atom stereocenters. The predicted octanol–water partition coefficient (Wildman–Crippen LogP) is -0.546. The third-order valence-corrected chi connectivity index (χ3v) is 3.71. The van der Waals surface area contributed by atoms with E-state index < -0.39 is 0 Å². The molecule has 0 unspecified atom stereocenters. The summed E-state index contributed by atoms with van der Waals surface area (Å²) in [6, 6.07) is 0. The second kappa shape index (κ2) is 6.89. The topological polar surface area (TPSA) is 97.1 Å². The molecule has 0 aliphatic rings. The van der Waals surface area contributed by atoms with E-state index in [9.17, 15) is 9.59 Å². The number of nitrogens with zero attached hydrogens (tertiary/aromatic N) is 4. The van der Waals surface area contributed by atoms with Gasteiger partial charge in [0.15, 0.2) is 11.2 Å². The predicted molar refractivity (Wildman–Crippen MR) is 84.2 cm³/mol. The van der Waals surface area contributed by atoms with E-state index in [1.54, 1.807) is 11.7 Å². The number of hydrogen-bond acceptors (Lipinski definition) is 5. The molecule has 0 saturated heterocycles. The Hall–Kier alpha value is -1.93. The van der Waals surface area contributed by atoms with Crippen molar-refractivity contribution in [1.82, 2.24) is 18.7 Å². The van der Waals surface area contributed by atoms with Crippen molar-refractivity contribution in [2.45, 2.75) is 32.9 Å². The van der Waals surface area contributed by atoms with Crippen LogP contribution in [0, 0.1) is 0 Å². The number of imidazole rings is 1. The third-order valence-electron chi connectivity index (χ3n) is 3.71. The lowest BCUT2D eigenvalue weighted by Crippen LogP contribution is -2.39. The highest BCUT2D eigenvalue weighted by Crippen LogP contribution is 2.12. The summed E-state index contributed by atoms with van der Waals surface area (Å²) >= 11 is 0. The molecular weight excluding hydrogens is 286 g/mol. The van der Waals surface area contributed by atoms with Crippen molar-refractivity contribution in [3.8, 4) is 0 Å². The van der Waals surface area contributed by atoms with Crippen LogP contribution in [0.5, 0.6) is 0 Å². The molecule has 2 aromatic rings. The van der Waals surface area contributed by atoms with Gasteiger partial charge in [-0.15, -0.1) is 0 Å². The lowest BCUT2D eigenvalue weighted by molar-refractivity contribution is 0.190. The Bertz CT molecular complexity index is 771. The van der Waals surface area contributed by atoms with Gasteiger partial charge in [-0.05, 0) is 6.42 Å². The maximum Gasteiger partial charge on any atom is 0.332 e. The summed E-state index contributed by atoms with van der Waals surface area (Å²) in [7, 11) is 3.10. The zero-order valence-electron chi connectivity index (χ0n) is 13.3. The molecule has 2 heterocycles. The molecule has 0 bridgehead atoms. The SMILES string of the molecule is CCc1nc2c(c(=O)n(C)c(=O)n2CCCOC)n1CCN. The molecular formula is C14H23N5O3. The number of nitrogens with two attached hydrogens (primary N) is 1. The van der Waals surface area contributed by atoms with Gasteiger partial charge in [0.1, 0.15) is 5.82 Å². The van der Waals surface area contributed by atoms with Gasteiger partial charge in [0.2, 0.25) is 0 Å². The molecule has 122 valence electrons. The van der Waals surface area contributed by atoms with E-state index in [2.05, 4.69) is 4.98 Å². The van der Waals surface area contributed by atoms with E-state index in [-0.39, 0.29) is 11.2 Å². The molecule has 2 N–H and O–H groups in total. The van der Waals surface area contributed by atoms with E-state index in [1.165, 1.54) is 7.05 Å². The fourth-order valence-corrected chi connectivity index (χ4v) is 2.61. The van der Waals surface area contributed by atoms with Crippen LogP contribution in [0.2, 0.25) is 0 Å². The number of aromatic nitrogens is 4. The maximum atomic E-state index is 12.5. The average Bonchev–Trinajstić information content (AvgIpc) is 2.87. The van der Waals surface area contributed by atoms with Crippen LogP contribution >= 0.6 is 0 Å². The van der Waals surface area contributed by atoms with Gasteiger partial charge in [0.25, 0.3) is 5.56 Å². The third kappa shape index (κ3) is 2.71. The van der Waals surface area contributed by atoms with Gasteiger partial charge in [-0.1, -0.05) is 6.92 Å². The molecule has 0 spiro atoms. The van der Waals surface area contributed by atoms with E-state index >= 15 is 0 Å². The first-order valence-electron chi connectivity index (χ1n) is 7.44. The molecule has 0 amide bonds. The fraction of sp³-hybridized carbons (Fsp3) is 0.643.